The number of ether oxygens (including phenoxy) is 4. The molecule has 0 heterocycles. The van der Waals surface area contributed by atoms with E-state index in [4.69, 9.17) is 18.9 Å². The lowest BCUT2D eigenvalue weighted by atomic mass is 9.69. The highest BCUT2D eigenvalue weighted by molar-refractivity contribution is 5.76. The van der Waals surface area contributed by atoms with Crippen LogP contribution in [0.4, 0.5) is 0 Å². The number of likely N-dealkylation sites (N-methyl/N-ethyl adjacent to an activating group) is 1. The second kappa shape index (κ2) is 12.2. The third kappa shape index (κ3) is 5.93. The lowest BCUT2D eigenvalue weighted by Crippen LogP contribution is -2.35. The number of hydrogen-bond donors (Lipinski definition) is 0. The van der Waals surface area contributed by atoms with Crippen molar-refractivity contribution in [2.45, 2.75) is 38.5 Å². The van der Waals surface area contributed by atoms with Crippen molar-refractivity contribution >= 4 is 5.91 Å². The zero-order valence-electron chi connectivity index (χ0n) is 21.3. The summed E-state index contributed by atoms with van der Waals surface area (Å²) in [6.45, 7) is 4.57. The van der Waals surface area contributed by atoms with Crippen molar-refractivity contribution in [3.05, 3.63) is 47.5 Å². The third-order valence-corrected chi connectivity index (χ3v) is 6.43. The molecule has 0 spiro atoms. The normalized spacial score (nSPS) is 12.4. The summed E-state index contributed by atoms with van der Waals surface area (Å²) in [6, 6.07) is 13.8. The summed E-state index contributed by atoms with van der Waals surface area (Å²) in [4.78, 5) is 14.7. The lowest BCUT2D eigenvalue weighted by molar-refractivity contribution is -0.130. The number of rotatable bonds is 12. The SMILES string of the molecule is COc1ccc(CCN(C)C(=O)CCC(C#N)(c2ccc(OC)c(OC)c2)C(C)C)cc1OC. The van der Waals surface area contributed by atoms with Crippen molar-refractivity contribution in [3.63, 3.8) is 0 Å². The molecule has 1 atom stereocenters. The Morgan fingerprint density at radius 3 is 2.03 bits per heavy atom. The molecule has 1 unspecified atom stereocenters. The van der Waals surface area contributed by atoms with E-state index in [9.17, 15) is 10.1 Å². The topological polar surface area (TPSA) is 81.0 Å². The molecule has 2 rings (SSSR count). The number of nitrogens with zero attached hydrogens (tertiary/aromatic N) is 2. The standard InChI is InChI=1S/C27H36N2O5/c1-19(2)27(18-28,21-9-11-23(32-5)25(17-21)34-7)14-12-26(30)29(3)15-13-20-8-10-22(31-4)24(16-20)33-6/h8-11,16-17,19H,12-15H2,1-7H3. The number of amides is 1. The molecule has 0 aliphatic carbocycles. The molecule has 0 bridgehead atoms. The molecule has 7 nitrogen and oxygen atoms in total. The van der Waals surface area contributed by atoms with Crippen molar-refractivity contribution in [1.82, 2.24) is 4.90 Å². The van der Waals surface area contributed by atoms with E-state index in [1.807, 2.05) is 44.2 Å². The first kappa shape index (κ1) is 26.8. The number of benzene rings is 2. The first-order chi connectivity index (χ1) is 16.3. The highest BCUT2D eigenvalue weighted by atomic mass is 16.5. The molecule has 1 amide bonds. The fourth-order valence-corrected chi connectivity index (χ4v) is 4.08. The molecular weight excluding hydrogens is 432 g/mol. The van der Waals surface area contributed by atoms with Crippen LogP contribution in [-0.4, -0.2) is 52.8 Å². The molecule has 0 fully saturated rings. The molecule has 184 valence electrons. The average Bonchev–Trinajstić information content (AvgIpc) is 2.86. The average molecular weight is 469 g/mol. The van der Waals surface area contributed by atoms with Gasteiger partial charge in [-0.2, -0.15) is 5.26 Å². The predicted octanol–water partition coefficient (Wildman–Crippen LogP) is 4.62. The summed E-state index contributed by atoms with van der Waals surface area (Å²) in [5.41, 5.74) is 1.05. The summed E-state index contributed by atoms with van der Waals surface area (Å²) < 4.78 is 21.4. The van der Waals surface area contributed by atoms with Gasteiger partial charge in [0.1, 0.15) is 0 Å². The van der Waals surface area contributed by atoms with Crippen molar-refractivity contribution in [2.75, 3.05) is 42.0 Å². The first-order valence-corrected chi connectivity index (χ1v) is 11.3. The van der Waals surface area contributed by atoms with E-state index in [2.05, 4.69) is 6.07 Å². The zero-order valence-corrected chi connectivity index (χ0v) is 21.3. The van der Waals surface area contributed by atoms with E-state index >= 15 is 0 Å². The number of carbonyl (C=O) groups excluding carboxylic acids is 1. The second-order valence-corrected chi connectivity index (χ2v) is 8.56. The van der Waals surface area contributed by atoms with Crippen molar-refractivity contribution in [2.24, 2.45) is 5.92 Å². The zero-order chi connectivity index (χ0) is 25.3. The van der Waals surface area contributed by atoms with Crippen LogP contribution in [0.15, 0.2) is 36.4 Å². The van der Waals surface area contributed by atoms with E-state index in [-0.39, 0.29) is 18.2 Å². The van der Waals surface area contributed by atoms with Crippen LogP contribution >= 0.6 is 0 Å². The maximum atomic E-state index is 13.0. The monoisotopic (exact) mass is 468 g/mol. The van der Waals surface area contributed by atoms with Crippen LogP contribution in [-0.2, 0) is 16.6 Å². The van der Waals surface area contributed by atoms with Gasteiger partial charge in [-0.15, -0.1) is 0 Å². The molecule has 2 aromatic rings. The van der Waals surface area contributed by atoms with Gasteiger partial charge in [-0.25, -0.2) is 0 Å². The molecular formula is C27H36N2O5. The maximum Gasteiger partial charge on any atom is 0.222 e. The van der Waals surface area contributed by atoms with E-state index in [0.717, 1.165) is 11.1 Å². The first-order valence-electron chi connectivity index (χ1n) is 11.3. The Morgan fingerprint density at radius 2 is 1.50 bits per heavy atom. The van der Waals surface area contributed by atoms with Crippen LogP contribution in [0.2, 0.25) is 0 Å². The smallest absolute Gasteiger partial charge is 0.222 e. The van der Waals surface area contributed by atoms with Gasteiger partial charge in [0.15, 0.2) is 23.0 Å². The largest absolute Gasteiger partial charge is 0.493 e. The molecule has 0 radical (unpaired) electrons. The number of carbonyl (C=O) groups is 1. The highest BCUT2D eigenvalue weighted by Crippen LogP contribution is 2.40. The quantitative estimate of drug-likeness (QED) is 0.452. The predicted molar refractivity (Wildman–Crippen MR) is 132 cm³/mol. The Labute approximate surface area is 203 Å². The van der Waals surface area contributed by atoms with Crippen LogP contribution in [0.25, 0.3) is 0 Å². The number of methoxy groups -OCH3 is 4. The van der Waals surface area contributed by atoms with Crippen LogP contribution in [0.5, 0.6) is 23.0 Å². The summed E-state index contributed by atoms with van der Waals surface area (Å²) in [7, 11) is 8.15. The van der Waals surface area contributed by atoms with Gasteiger partial charge in [-0.3, -0.25) is 4.79 Å². The molecule has 0 saturated carbocycles. The molecule has 0 N–H and O–H groups in total. The number of hydrogen-bond acceptors (Lipinski definition) is 6. The minimum absolute atomic E-state index is 0.000436. The third-order valence-electron chi connectivity index (χ3n) is 6.43. The Kier molecular flexibility index (Phi) is 9.61. The highest BCUT2D eigenvalue weighted by Gasteiger charge is 2.37. The minimum atomic E-state index is -0.820. The van der Waals surface area contributed by atoms with Gasteiger partial charge in [0, 0.05) is 20.0 Å². The Morgan fingerprint density at radius 1 is 0.941 bits per heavy atom. The van der Waals surface area contributed by atoms with Crippen LogP contribution < -0.4 is 18.9 Å². The summed E-state index contributed by atoms with van der Waals surface area (Å²) in [6.07, 6.45) is 1.37. The van der Waals surface area contributed by atoms with Gasteiger partial charge >= 0.3 is 0 Å². The lowest BCUT2D eigenvalue weighted by Gasteiger charge is -2.32. The molecule has 34 heavy (non-hydrogen) atoms. The van der Waals surface area contributed by atoms with Gasteiger partial charge in [0.05, 0.1) is 39.9 Å². The summed E-state index contributed by atoms with van der Waals surface area (Å²) in [5, 5.41) is 10.2. The van der Waals surface area contributed by atoms with Gasteiger partial charge < -0.3 is 23.8 Å². The second-order valence-electron chi connectivity index (χ2n) is 8.56. The van der Waals surface area contributed by atoms with Crippen molar-refractivity contribution in [3.8, 4) is 29.1 Å². The van der Waals surface area contributed by atoms with Gasteiger partial charge in [0.2, 0.25) is 5.91 Å². The van der Waals surface area contributed by atoms with Gasteiger partial charge in [0.25, 0.3) is 0 Å². The molecule has 7 heteroatoms. The number of nitriles is 1. The fraction of sp³-hybridized carbons (Fsp3) is 0.481. The molecule has 0 aliphatic rings. The van der Waals surface area contributed by atoms with E-state index in [0.29, 0.717) is 42.4 Å². The Hall–Kier alpha value is -3.40. The molecule has 0 aliphatic heterocycles. The Balaban J connectivity index is 2.11. The van der Waals surface area contributed by atoms with E-state index in [1.165, 1.54) is 0 Å². The minimum Gasteiger partial charge on any atom is -0.493 e. The van der Waals surface area contributed by atoms with Crippen LogP contribution in [0, 0.1) is 17.2 Å². The molecule has 2 aromatic carbocycles. The Bertz CT molecular complexity index is 1010. The summed E-state index contributed by atoms with van der Waals surface area (Å²) in [5.74, 6) is 2.51. The van der Waals surface area contributed by atoms with Gasteiger partial charge in [-0.05, 0) is 54.2 Å². The fourth-order valence-electron chi connectivity index (χ4n) is 4.08. The van der Waals surface area contributed by atoms with Crippen LogP contribution in [0.3, 0.4) is 0 Å². The maximum absolute atomic E-state index is 13.0. The van der Waals surface area contributed by atoms with Crippen molar-refractivity contribution in [1.29, 1.82) is 5.26 Å². The van der Waals surface area contributed by atoms with Crippen LogP contribution in [0.1, 0.15) is 37.8 Å². The molecule has 0 aromatic heterocycles. The van der Waals surface area contributed by atoms with Gasteiger partial charge in [-0.1, -0.05) is 26.0 Å². The van der Waals surface area contributed by atoms with E-state index in [1.54, 1.807) is 46.5 Å². The molecule has 0 saturated heterocycles. The van der Waals surface area contributed by atoms with E-state index < -0.39 is 5.41 Å². The summed E-state index contributed by atoms with van der Waals surface area (Å²) >= 11 is 0. The van der Waals surface area contributed by atoms with Crippen molar-refractivity contribution < 1.29 is 23.7 Å².